The smallest absolute Gasteiger partial charge is 0.403 e. The highest BCUT2D eigenvalue weighted by Gasteiger charge is 2.50. The van der Waals surface area contributed by atoms with Crippen LogP contribution in [0.4, 0.5) is 4.39 Å². The molecule has 0 spiro atoms. The summed E-state index contributed by atoms with van der Waals surface area (Å²) < 4.78 is 25.7. The zero-order chi connectivity index (χ0) is 13.6. The number of halogens is 2. The predicted octanol–water partition coefficient (Wildman–Crippen LogP) is 3.76. The number of rotatable bonds is 2. The molecular formula is C13H17BBrFO2. The van der Waals surface area contributed by atoms with Crippen molar-refractivity contribution >= 4 is 23.0 Å². The Bertz CT molecular complexity index is 446. The molecule has 0 unspecified atom stereocenters. The molecule has 0 bridgehead atoms. The predicted molar refractivity (Wildman–Crippen MR) is 73.9 cm³/mol. The van der Waals surface area contributed by atoms with E-state index < -0.39 is 0 Å². The van der Waals surface area contributed by atoms with Gasteiger partial charge in [-0.2, -0.15) is 0 Å². The van der Waals surface area contributed by atoms with Gasteiger partial charge in [-0.1, -0.05) is 6.07 Å². The van der Waals surface area contributed by atoms with E-state index in [1.54, 1.807) is 6.07 Å². The Hall–Kier alpha value is -0.385. The molecule has 2 rings (SSSR count). The van der Waals surface area contributed by atoms with Gasteiger partial charge in [0.15, 0.2) is 0 Å². The van der Waals surface area contributed by atoms with E-state index in [1.807, 2.05) is 33.8 Å². The van der Waals surface area contributed by atoms with Gasteiger partial charge in [-0.05, 0) is 61.3 Å². The zero-order valence-corrected chi connectivity index (χ0v) is 12.7. The molecule has 0 N–H and O–H groups in total. The fraction of sp³-hybridized carbons (Fsp3) is 0.538. The van der Waals surface area contributed by atoms with Crippen LogP contribution in [0.3, 0.4) is 0 Å². The zero-order valence-electron chi connectivity index (χ0n) is 11.1. The molecule has 1 aliphatic heterocycles. The van der Waals surface area contributed by atoms with Crippen molar-refractivity contribution in [3.8, 4) is 0 Å². The summed E-state index contributed by atoms with van der Waals surface area (Å²) in [6, 6.07) is 5.09. The molecule has 1 aromatic carbocycles. The lowest BCUT2D eigenvalue weighted by Crippen LogP contribution is -2.41. The summed E-state index contributed by atoms with van der Waals surface area (Å²) >= 11 is 3.14. The van der Waals surface area contributed by atoms with E-state index in [4.69, 9.17) is 9.31 Å². The van der Waals surface area contributed by atoms with Gasteiger partial charge in [0.05, 0.1) is 15.7 Å². The number of hydrogen-bond acceptors (Lipinski definition) is 2. The SMILES string of the molecule is CC1(C)OB(Cc2ccc(Br)c(F)c2)OC1(C)C. The number of benzene rings is 1. The summed E-state index contributed by atoms with van der Waals surface area (Å²) in [5, 5.41) is 0. The Morgan fingerprint density at radius 1 is 1.17 bits per heavy atom. The van der Waals surface area contributed by atoms with E-state index in [-0.39, 0.29) is 24.1 Å². The van der Waals surface area contributed by atoms with Crippen LogP contribution in [0.2, 0.25) is 0 Å². The van der Waals surface area contributed by atoms with Crippen molar-refractivity contribution in [1.29, 1.82) is 0 Å². The van der Waals surface area contributed by atoms with Crippen molar-refractivity contribution in [3.63, 3.8) is 0 Å². The summed E-state index contributed by atoms with van der Waals surface area (Å²) in [5.41, 5.74) is 0.186. The lowest BCUT2D eigenvalue weighted by atomic mass is 9.81. The van der Waals surface area contributed by atoms with Crippen molar-refractivity contribution in [2.75, 3.05) is 0 Å². The van der Waals surface area contributed by atoms with Crippen LogP contribution in [0.1, 0.15) is 33.3 Å². The van der Waals surface area contributed by atoms with Crippen molar-refractivity contribution in [1.82, 2.24) is 0 Å². The lowest BCUT2D eigenvalue weighted by Gasteiger charge is -2.32. The Kier molecular flexibility index (Phi) is 3.60. The Balaban J connectivity index is 2.10. The van der Waals surface area contributed by atoms with E-state index in [0.717, 1.165) is 5.56 Å². The second kappa shape index (κ2) is 4.62. The standard InChI is InChI=1S/C13H17BBrFO2/c1-12(2)13(3,4)18-14(17-12)8-9-5-6-10(15)11(16)7-9/h5-7H,8H2,1-4H3. The van der Waals surface area contributed by atoms with E-state index in [2.05, 4.69) is 15.9 Å². The van der Waals surface area contributed by atoms with E-state index >= 15 is 0 Å². The maximum absolute atomic E-state index is 13.4. The molecule has 0 atom stereocenters. The second-order valence-corrected chi connectivity index (χ2v) is 6.49. The topological polar surface area (TPSA) is 18.5 Å². The number of hydrogen-bond donors (Lipinski definition) is 0. The Morgan fingerprint density at radius 3 is 2.22 bits per heavy atom. The van der Waals surface area contributed by atoms with Gasteiger partial charge in [-0.25, -0.2) is 4.39 Å². The van der Waals surface area contributed by atoms with Gasteiger partial charge in [-0.3, -0.25) is 0 Å². The van der Waals surface area contributed by atoms with Crippen LogP contribution in [0, 0.1) is 5.82 Å². The first kappa shape index (κ1) is 14.0. The normalized spacial score (nSPS) is 21.3. The minimum absolute atomic E-state index is 0.260. The average molecular weight is 315 g/mol. The molecule has 1 fully saturated rings. The van der Waals surface area contributed by atoms with Crippen LogP contribution in [-0.2, 0) is 15.6 Å². The van der Waals surface area contributed by atoms with Crippen LogP contribution in [0.25, 0.3) is 0 Å². The van der Waals surface area contributed by atoms with Crippen LogP contribution in [-0.4, -0.2) is 18.3 Å². The summed E-state index contributed by atoms with van der Waals surface area (Å²) in [5.74, 6) is -0.260. The molecule has 98 valence electrons. The minimum Gasteiger partial charge on any atom is -0.403 e. The van der Waals surface area contributed by atoms with Gasteiger partial charge >= 0.3 is 7.12 Å². The fourth-order valence-corrected chi connectivity index (χ4v) is 2.15. The second-order valence-electron chi connectivity index (χ2n) is 5.64. The quantitative estimate of drug-likeness (QED) is 0.774. The summed E-state index contributed by atoms with van der Waals surface area (Å²) in [7, 11) is -0.324. The van der Waals surface area contributed by atoms with Crippen molar-refractivity contribution in [2.24, 2.45) is 0 Å². The molecular weight excluding hydrogens is 298 g/mol. The molecule has 1 aromatic rings. The molecule has 1 aliphatic rings. The summed E-state index contributed by atoms with van der Waals surface area (Å²) in [6.07, 6.45) is 0.553. The molecule has 0 amide bonds. The summed E-state index contributed by atoms with van der Waals surface area (Å²) in [6.45, 7) is 8.04. The minimum atomic E-state index is -0.342. The Labute approximate surface area is 116 Å². The van der Waals surface area contributed by atoms with Crippen molar-refractivity contribution in [3.05, 3.63) is 34.1 Å². The van der Waals surface area contributed by atoms with Gasteiger partial charge in [-0.15, -0.1) is 0 Å². The molecule has 18 heavy (non-hydrogen) atoms. The third-order valence-corrected chi connectivity index (χ3v) is 4.33. The lowest BCUT2D eigenvalue weighted by molar-refractivity contribution is 0.00578. The van der Waals surface area contributed by atoms with Crippen molar-refractivity contribution < 1.29 is 13.7 Å². The average Bonchev–Trinajstić information content (AvgIpc) is 2.41. The third kappa shape index (κ3) is 2.63. The fourth-order valence-electron chi connectivity index (χ4n) is 1.91. The van der Waals surface area contributed by atoms with Crippen molar-refractivity contribution in [2.45, 2.75) is 45.2 Å². The highest BCUT2D eigenvalue weighted by molar-refractivity contribution is 9.10. The molecule has 0 aliphatic carbocycles. The van der Waals surface area contributed by atoms with E-state index in [9.17, 15) is 4.39 Å². The Morgan fingerprint density at radius 2 is 1.72 bits per heavy atom. The maximum Gasteiger partial charge on any atom is 0.462 e. The van der Waals surface area contributed by atoms with Gasteiger partial charge < -0.3 is 9.31 Å². The highest BCUT2D eigenvalue weighted by Crippen LogP contribution is 2.37. The molecule has 0 saturated carbocycles. The van der Waals surface area contributed by atoms with Crippen LogP contribution >= 0.6 is 15.9 Å². The third-order valence-electron chi connectivity index (χ3n) is 3.69. The molecule has 2 nitrogen and oxygen atoms in total. The van der Waals surface area contributed by atoms with E-state index in [1.165, 1.54) is 6.07 Å². The molecule has 5 heteroatoms. The monoisotopic (exact) mass is 314 g/mol. The first-order valence-electron chi connectivity index (χ1n) is 6.01. The molecule has 1 heterocycles. The van der Waals surface area contributed by atoms with Crippen LogP contribution in [0.15, 0.2) is 22.7 Å². The largest absolute Gasteiger partial charge is 0.462 e. The molecule has 0 radical (unpaired) electrons. The summed E-state index contributed by atoms with van der Waals surface area (Å²) in [4.78, 5) is 0. The van der Waals surface area contributed by atoms with Gasteiger partial charge in [0.1, 0.15) is 5.82 Å². The van der Waals surface area contributed by atoms with Gasteiger partial charge in [0.25, 0.3) is 0 Å². The van der Waals surface area contributed by atoms with Crippen LogP contribution < -0.4 is 0 Å². The molecule has 1 saturated heterocycles. The molecule has 0 aromatic heterocycles. The van der Waals surface area contributed by atoms with Gasteiger partial charge in [0.2, 0.25) is 0 Å². The van der Waals surface area contributed by atoms with Gasteiger partial charge in [0, 0.05) is 6.32 Å². The van der Waals surface area contributed by atoms with Crippen LogP contribution in [0.5, 0.6) is 0 Å². The maximum atomic E-state index is 13.4. The van der Waals surface area contributed by atoms with E-state index in [0.29, 0.717) is 10.8 Å². The first-order valence-corrected chi connectivity index (χ1v) is 6.80. The highest BCUT2D eigenvalue weighted by atomic mass is 79.9. The first-order chi connectivity index (χ1) is 8.21.